The van der Waals surface area contributed by atoms with E-state index in [4.69, 9.17) is 0 Å². The fourth-order valence-electron chi connectivity index (χ4n) is 3.02. The summed E-state index contributed by atoms with van der Waals surface area (Å²) in [6, 6.07) is -0.151. The van der Waals surface area contributed by atoms with Crippen molar-refractivity contribution in [2.75, 3.05) is 32.7 Å². The van der Waals surface area contributed by atoms with Gasteiger partial charge in [0, 0.05) is 13.1 Å². The standard InChI is InChI=1S/C16H31N3O2/c1-14-5-11-19(12-6-14)10-3-2-9-17-15(20)18-13-16(21)7-4-8-16/h14,21H,2-13H2,1H3,(H2,17,18,20). The second-order valence-corrected chi connectivity index (χ2v) is 6.92. The maximum atomic E-state index is 11.6. The molecule has 2 aliphatic rings. The number of rotatable bonds is 7. The highest BCUT2D eigenvalue weighted by Gasteiger charge is 2.34. The van der Waals surface area contributed by atoms with Gasteiger partial charge in [0.25, 0.3) is 0 Å². The van der Waals surface area contributed by atoms with Gasteiger partial charge in [-0.2, -0.15) is 0 Å². The minimum atomic E-state index is -0.636. The molecule has 122 valence electrons. The van der Waals surface area contributed by atoms with Crippen LogP contribution in [0, 0.1) is 5.92 Å². The van der Waals surface area contributed by atoms with E-state index in [1.165, 1.54) is 25.9 Å². The van der Waals surface area contributed by atoms with Crippen LogP contribution in [0.15, 0.2) is 0 Å². The molecule has 0 aromatic heterocycles. The largest absolute Gasteiger partial charge is 0.388 e. The number of nitrogens with zero attached hydrogens (tertiary/aromatic N) is 1. The molecule has 5 heteroatoms. The van der Waals surface area contributed by atoms with Gasteiger partial charge in [0.2, 0.25) is 0 Å². The number of aliphatic hydroxyl groups is 1. The first-order valence-electron chi connectivity index (χ1n) is 8.54. The Morgan fingerprint density at radius 1 is 1.24 bits per heavy atom. The van der Waals surface area contributed by atoms with Crippen LogP contribution in [0.4, 0.5) is 4.79 Å². The summed E-state index contributed by atoms with van der Waals surface area (Å²) in [5.74, 6) is 0.886. The molecule has 3 N–H and O–H groups in total. The van der Waals surface area contributed by atoms with Gasteiger partial charge in [-0.15, -0.1) is 0 Å². The van der Waals surface area contributed by atoms with Gasteiger partial charge in [-0.05, 0) is 70.5 Å². The highest BCUT2D eigenvalue weighted by molar-refractivity contribution is 5.73. The Morgan fingerprint density at radius 3 is 2.57 bits per heavy atom. The number of carbonyl (C=O) groups is 1. The van der Waals surface area contributed by atoms with Crippen molar-refractivity contribution in [3.05, 3.63) is 0 Å². The van der Waals surface area contributed by atoms with Crippen molar-refractivity contribution in [2.45, 2.75) is 57.5 Å². The summed E-state index contributed by atoms with van der Waals surface area (Å²) >= 11 is 0. The third-order valence-corrected chi connectivity index (χ3v) is 4.93. The minimum absolute atomic E-state index is 0.151. The number of likely N-dealkylation sites (tertiary alicyclic amines) is 1. The molecular weight excluding hydrogens is 266 g/mol. The Hall–Kier alpha value is -0.810. The van der Waals surface area contributed by atoms with Crippen LogP contribution in [0.25, 0.3) is 0 Å². The number of piperidine rings is 1. The van der Waals surface area contributed by atoms with Gasteiger partial charge in [-0.1, -0.05) is 6.92 Å². The Balaban J connectivity index is 1.43. The number of hydrogen-bond donors (Lipinski definition) is 3. The third-order valence-electron chi connectivity index (χ3n) is 4.93. The van der Waals surface area contributed by atoms with Gasteiger partial charge in [0.05, 0.1) is 5.60 Å². The molecule has 21 heavy (non-hydrogen) atoms. The van der Waals surface area contributed by atoms with Crippen molar-refractivity contribution >= 4 is 6.03 Å². The summed E-state index contributed by atoms with van der Waals surface area (Å²) in [5, 5.41) is 15.5. The zero-order valence-electron chi connectivity index (χ0n) is 13.4. The predicted octanol–water partition coefficient (Wildman–Crippen LogP) is 1.71. The van der Waals surface area contributed by atoms with Gasteiger partial charge < -0.3 is 20.6 Å². The summed E-state index contributed by atoms with van der Waals surface area (Å²) < 4.78 is 0. The normalized spacial score (nSPS) is 22.6. The molecule has 1 heterocycles. The molecule has 2 rings (SSSR count). The Labute approximate surface area is 128 Å². The molecule has 1 saturated heterocycles. The van der Waals surface area contributed by atoms with E-state index in [1.54, 1.807) is 0 Å². The third kappa shape index (κ3) is 5.83. The molecule has 0 radical (unpaired) electrons. The monoisotopic (exact) mass is 297 g/mol. The fourth-order valence-corrected chi connectivity index (χ4v) is 3.02. The highest BCUT2D eigenvalue weighted by Crippen LogP contribution is 2.30. The Morgan fingerprint density at radius 2 is 1.95 bits per heavy atom. The molecular formula is C16H31N3O2. The second-order valence-electron chi connectivity index (χ2n) is 6.92. The zero-order valence-corrected chi connectivity index (χ0v) is 13.4. The van der Waals surface area contributed by atoms with Gasteiger partial charge >= 0.3 is 6.03 Å². The SMILES string of the molecule is CC1CCN(CCCCNC(=O)NCC2(O)CCC2)CC1. The average molecular weight is 297 g/mol. The van der Waals surface area contributed by atoms with Gasteiger partial charge in [-0.3, -0.25) is 0 Å². The van der Waals surface area contributed by atoms with Crippen LogP contribution in [0.2, 0.25) is 0 Å². The van der Waals surface area contributed by atoms with E-state index in [0.717, 1.165) is 44.6 Å². The van der Waals surface area contributed by atoms with Crippen LogP contribution < -0.4 is 10.6 Å². The van der Waals surface area contributed by atoms with Gasteiger partial charge in [0.15, 0.2) is 0 Å². The van der Waals surface area contributed by atoms with Gasteiger partial charge in [0.1, 0.15) is 0 Å². The molecule has 5 nitrogen and oxygen atoms in total. The van der Waals surface area contributed by atoms with Crippen LogP contribution in [-0.4, -0.2) is 54.4 Å². The van der Waals surface area contributed by atoms with Crippen LogP contribution >= 0.6 is 0 Å². The van der Waals surface area contributed by atoms with E-state index in [-0.39, 0.29) is 6.03 Å². The van der Waals surface area contributed by atoms with E-state index < -0.39 is 5.60 Å². The molecule has 0 aromatic rings. The Bertz CT molecular complexity index is 323. The number of nitrogens with one attached hydrogen (secondary N) is 2. The van der Waals surface area contributed by atoms with Crippen molar-refractivity contribution in [3.63, 3.8) is 0 Å². The van der Waals surface area contributed by atoms with Crippen LogP contribution in [0.1, 0.15) is 51.9 Å². The van der Waals surface area contributed by atoms with Crippen molar-refractivity contribution in [1.29, 1.82) is 0 Å². The maximum Gasteiger partial charge on any atom is 0.314 e. The second kappa shape index (κ2) is 7.99. The molecule has 0 atom stereocenters. The number of urea groups is 1. The summed E-state index contributed by atoms with van der Waals surface area (Å²) in [6.45, 7) is 7.04. The lowest BCUT2D eigenvalue weighted by Crippen LogP contribution is -2.50. The molecule has 1 aliphatic heterocycles. The lowest BCUT2D eigenvalue weighted by atomic mass is 9.80. The number of hydrogen-bond acceptors (Lipinski definition) is 3. The molecule has 1 aliphatic carbocycles. The summed E-state index contributed by atoms with van der Waals surface area (Å²) in [7, 11) is 0. The molecule has 0 unspecified atom stereocenters. The Kier molecular flexibility index (Phi) is 6.30. The first kappa shape index (κ1) is 16.6. The molecule has 1 saturated carbocycles. The summed E-state index contributed by atoms with van der Waals surface area (Å²) in [4.78, 5) is 14.1. The molecule has 0 aromatic carbocycles. The summed E-state index contributed by atoms with van der Waals surface area (Å²) in [6.07, 6.45) is 7.48. The predicted molar refractivity (Wildman–Crippen MR) is 84.3 cm³/mol. The average Bonchev–Trinajstić information content (AvgIpc) is 2.44. The zero-order chi connectivity index (χ0) is 15.1. The van der Waals surface area contributed by atoms with Gasteiger partial charge in [-0.25, -0.2) is 4.79 Å². The number of amides is 2. The molecule has 2 fully saturated rings. The topological polar surface area (TPSA) is 64.6 Å². The van der Waals surface area contributed by atoms with Crippen molar-refractivity contribution in [1.82, 2.24) is 15.5 Å². The van der Waals surface area contributed by atoms with E-state index >= 15 is 0 Å². The molecule has 2 amide bonds. The van der Waals surface area contributed by atoms with E-state index in [9.17, 15) is 9.90 Å². The van der Waals surface area contributed by atoms with Crippen molar-refractivity contribution in [3.8, 4) is 0 Å². The van der Waals surface area contributed by atoms with E-state index in [1.807, 2.05) is 0 Å². The van der Waals surface area contributed by atoms with Crippen molar-refractivity contribution < 1.29 is 9.90 Å². The lowest BCUT2D eigenvalue weighted by Gasteiger charge is -2.36. The fraction of sp³-hybridized carbons (Fsp3) is 0.938. The van der Waals surface area contributed by atoms with E-state index in [2.05, 4.69) is 22.5 Å². The van der Waals surface area contributed by atoms with Crippen LogP contribution in [-0.2, 0) is 0 Å². The van der Waals surface area contributed by atoms with Crippen LogP contribution in [0.5, 0.6) is 0 Å². The minimum Gasteiger partial charge on any atom is -0.388 e. The number of carbonyl (C=O) groups excluding carboxylic acids is 1. The smallest absolute Gasteiger partial charge is 0.314 e. The number of unbranched alkanes of at least 4 members (excludes halogenated alkanes) is 1. The maximum absolute atomic E-state index is 11.6. The van der Waals surface area contributed by atoms with E-state index in [0.29, 0.717) is 13.1 Å². The van der Waals surface area contributed by atoms with Crippen molar-refractivity contribution in [2.24, 2.45) is 5.92 Å². The quantitative estimate of drug-likeness (QED) is 0.627. The molecule has 0 spiro atoms. The highest BCUT2D eigenvalue weighted by atomic mass is 16.3. The first-order valence-corrected chi connectivity index (χ1v) is 8.54. The van der Waals surface area contributed by atoms with Crippen LogP contribution in [0.3, 0.4) is 0 Å². The first-order chi connectivity index (χ1) is 10.1. The lowest BCUT2D eigenvalue weighted by molar-refractivity contribution is -0.0290. The summed E-state index contributed by atoms with van der Waals surface area (Å²) in [5.41, 5.74) is -0.636. The molecule has 0 bridgehead atoms.